The van der Waals surface area contributed by atoms with E-state index in [2.05, 4.69) is 24.0 Å². The maximum absolute atomic E-state index is 9.97. The summed E-state index contributed by atoms with van der Waals surface area (Å²) in [4.78, 5) is 2.35. The molecule has 0 radical (unpaired) electrons. The van der Waals surface area contributed by atoms with Gasteiger partial charge in [0, 0.05) is 19.1 Å². The zero-order chi connectivity index (χ0) is 20.4. The Morgan fingerprint density at radius 1 is 1.10 bits per heavy atom. The number of aliphatic hydroxyl groups excluding tert-OH is 1. The van der Waals surface area contributed by atoms with E-state index in [1.165, 1.54) is 18.4 Å². The van der Waals surface area contributed by atoms with Gasteiger partial charge in [0.15, 0.2) is 0 Å². The Labute approximate surface area is 172 Å². The Balaban J connectivity index is 1.73. The molecule has 1 heterocycles. The number of rotatable bonds is 8. The first-order valence-corrected chi connectivity index (χ1v) is 10.3. The van der Waals surface area contributed by atoms with Gasteiger partial charge in [-0.2, -0.15) is 5.10 Å². The molecular formula is C24H29N3O2. The summed E-state index contributed by atoms with van der Waals surface area (Å²) in [7, 11) is 0. The standard InChI is InChI=1S/C24H29N3O2/c1-17-9-13-22(14-10-17)29-24-23(16-26(15-18(2)28)20-11-12-20)19(3)25-27(24)21-7-5-4-6-8-21/h4-10,13-14,18,20,28H,11-12,15-16H2,1-3H3. The number of aliphatic hydroxyl groups is 1. The molecule has 1 atom stereocenters. The molecule has 0 amide bonds. The van der Waals surface area contributed by atoms with Crippen LogP contribution in [0.5, 0.6) is 11.6 Å². The van der Waals surface area contributed by atoms with Gasteiger partial charge in [-0.15, -0.1) is 0 Å². The molecule has 152 valence electrons. The maximum atomic E-state index is 9.97. The summed E-state index contributed by atoms with van der Waals surface area (Å²) in [6.07, 6.45) is 2.01. The summed E-state index contributed by atoms with van der Waals surface area (Å²) < 4.78 is 8.28. The fourth-order valence-corrected chi connectivity index (χ4v) is 3.61. The van der Waals surface area contributed by atoms with Crippen LogP contribution in [0.15, 0.2) is 54.6 Å². The van der Waals surface area contributed by atoms with Gasteiger partial charge in [-0.3, -0.25) is 4.90 Å². The fourth-order valence-electron chi connectivity index (χ4n) is 3.61. The normalized spacial score (nSPS) is 14.9. The Kier molecular flexibility index (Phi) is 5.69. The molecule has 1 unspecified atom stereocenters. The van der Waals surface area contributed by atoms with E-state index >= 15 is 0 Å². The average Bonchev–Trinajstić information content (AvgIpc) is 3.51. The molecule has 0 saturated heterocycles. The first kappa shape index (κ1) is 19.7. The Morgan fingerprint density at radius 2 is 1.79 bits per heavy atom. The highest BCUT2D eigenvalue weighted by Crippen LogP contribution is 2.35. The number of aryl methyl sites for hydroxylation is 2. The smallest absolute Gasteiger partial charge is 0.227 e. The number of ether oxygens (including phenoxy) is 1. The van der Waals surface area contributed by atoms with Gasteiger partial charge in [0.25, 0.3) is 0 Å². The number of benzene rings is 2. The Hall–Kier alpha value is -2.63. The third kappa shape index (κ3) is 4.69. The first-order chi connectivity index (χ1) is 14.0. The molecule has 1 saturated carbocycles. The second-order valence-electron chi connectivity index (χ2n) is 8.04. The number of para-hydroxylation sites is 1. The number of aromatic nitrogens is 2. The van der Waals surface area contributed by atoms with Gasteiger partial charge in [-0.05, 0) is 57.9 Å². The largest absolute Gasteiger partial charge is 0.439 e. The predicted molar refractivity (Wildman–Crippen MR) is 115 cm³/mol. The number of nitrogens with zero attached hydrogens (tertiary/aromatic N) is 3. The topological polar surface area (TPSA) is 50.5 Å². The van der Waals surface area contributed by atoms with Gasteiger partial charge in [0.2, 0.25) is 5.88 Å². The lowest BCUT2D eigenvalue weighted by atomic mass is 10.2. The van der Waals surface area contributed by atoms with Crippen LogP contribution < -0.4 is 4.74 Å². The van der Waals surface area contributed by atoms with Crippen LogP contribution in [0, 0.1) is 13.8 Å². The van der Waals surface area contributed by atoms with Crippen LogP contribution in [-0.2, 0) is 6.54 Å². The highest BCUT2D eigenvalue weighted by Gasteiger charge is 2.32. The Morgan fingerprint density at radius 3 is 2.41 bits per heavy atom. The zero-order valence-electron chi connectivity index (χ0n) is 17.4. The Bertz CT molecular complexity index is 944. The molecular weight excluding hydrogens is 362 g/mol. The SMILES string of the molecule is Cc1ccc(Oc2c(CN(CC(C)O)C3CC3)c(C)nn2-c2ccccc2)cc1. The minimum absolute atomic E-state index is 0.360. The van der Waals surface area contributed by atoms with Crippen LogP contribution in [-0.4, -0.2) is 38.5 Å². The molecule has 0 bridgehead atoms. The summed E-state index contributed by atoms with van der Waals surface area (Å²) in [5, 5.41) is 14.8. The van der Waals surface area contributed by atoms with Crippen molar-refractivity contribution in [1.82, 2.24) is 14.7 Å². The molecule has 5 nitrogen and oxygen atoms in total. The molecule has 0 aliphatic heterocycles. The molecule has 29 heavy (non-hydrogen) atoms. The van der Waals surface area contributed by atoms with Gasteiger partial charge >= 0.3 is 0 Å². The molecule has 4 rings (SSSR count). The molecule has 1 aliphatic rings. The van der Waals surface area contributed by atoms with E-state index in [0.717, 1.165) is 35.1 Å². The molecule has 3 aromatic rings. The zero-order valence-corrected chi connectivity index (χ0v) is 17.4. The third-order valence-corrected chi connectivity index (χ3v) is 5.30. The minimum atomic E-state index is -0.360. The van der Waals surface area contributed by atoms with E-state index in [4.69, 9.17) is 9.84 Å². The van der Waals surface area contributed by atoms with E-state index in [1.807, 2.05) is 61.0 Å². The van der Waals surface area contributed by atoms with Crippen LogP contribution in [0.1, 0.15) is 36.6 Å². The minimum Gasteiger partial charge on any atom is -0.439 e. The van der Waals surface area contributed by atoms with Gasteiger partial charge < -0.3 is 9.84 Å². The van der Waals surface area contributed by atoms with E-state index < -0.39 is 0 Å². The molecule has 0 spiro atoms. The summed E-state index contributed by atoms with van der Waals surface area (Å²) in [5.41, 5.74) is 4.19. The van der Waals surface area contributed by atoms with Gasteiger partial charge in [0.05, 0.1) is 23.0 Å². The maximum Gasteiger partial charge on any atom is 0.227 e. The molecule has 2 aromatic carbocycles. The first-order valence-electron chi connectivity index (χ1n) is 10.3. The molecule has 1 N–H and O–H groups in total. The molecule has 5 heteroatoms. The highest BCUT2D eigenvalue weighted by atomic mass is 16.5. The predicted octanol–water partition coefficient (Wildman–Crippen LogP) is 4.63. The summed E-state index contributed by atoms with van der Waals surface area (Å²) in [6, 6.07) is 18.7. The monoisotopic (exact) mass is 391 g/mol. The summed E-state index contributed by atoms with van der Waals surface area (Å²) in [5.74, 6) is 1.54. The molecule has 1 fully saturated rings. The van der Waals surface area contributed by atoms with Crippen LogP contribution in [0.2, 0.25) is 0 Å². The average molecular weight is 392 g/mol. The van der Waals surface area contributed by atoms with Crippen LogP contribution in [0.3, 0.4) is 0 Å². The van der Waals surface area contributed by atoms with E-state index in [1.54, 1.807) is 0 Å². The van der Waals surface area contributed by atoms with Crippen LogP contribution >= 0.6 is 0 Å². The van der Waals surface area contributed by atoms with Crippen molar-refractivity contribution in [3.8, 4) is 17.3 Å². The fraction of sp³-hybridized carbons (Fsp3) is 0.375. The van der Waals surface area contributed by atoms with E-state index in [-0.39, 0.29) is 6.10 Å². The van der Waals surface area contributed by atoms with E-state index in [0.29, 0.717) is 12.6 Å². The van der Waals surface area contributed by atoms with Crippen molar-refractivity contribution in [2.45, 2.75) is 52.3 Å². The van der Waals surface area contributed by atoms with Crippen molar-refractivity contribution in [2.75, 3.05) is 6.54 Å². The van der Waals surface area contributed by atoms with E-state index in [9.17, 15) is 5.11 Å². The molecule has 1 aromatic heterocycles. The van der Waals surface area contributed by atoms with Crippen molar-refractivity contribution in [1.29, 1.82) is 0 Å². The lowest BCUT2D eigenvalue weighted by molar-refractivity contribution is 0.117. The van der Waals surface area contributed by atoms with Crippen molar-refractivity contribution in [2.24, 2.45) is 0 Å². The van der Waals surface area contributed by atoms with Crippen molar-refractivity contribution in [3.05, 3.63) is 71.4 Å². The van der Waals surface area contributed by atoms with Crippen molar-refractivity contribution < 1.29 is 9.84 Å². The van der Waals surface area contributed by atoms with Crippen molar-refractivity contribution >= 4 is 0 Å². The summed E-state index contributed by atoms with van der Waals surface area (Å²) >= 11 is 0. The molecule has 1 aliphatic carbocycles. The lowest BCUT2D eigenvalue weighted by Gasteiger charge is -2.24. The second-order valence-corrected chi connectivity index (χ2v) is 8.04. The van der Waals surface area contributed by atoms with Crippen molar-refractivity contribution in [3.63, 3.8) is 0 Å². The number of hydrogen-bond acceptors (Lipinski definition) is 4. The van der Waals surface area contributed by atoms with Gasteiger partial charge in [-0.1, -0.05) is 35.9 Å². The highest BCUT2D eigenvalue weighted by molar-refractivity contribution is 5.43. The summed E-state index contributed by atoms with van der Waals surface area (Å²) in [6.45, 7) is 7.32. The van der Waals surface area contributed by atoms with Crippen LogP contribution in [0.25, 0.3) is 5.69 Å². The van der Waals surface area contributed by atoms with Crippen LogP contribution in [0.4, 0.5) is 0 Å². The second kappa shape index (κ2) is 8.39. The third-order valence-electron chi connectivity index (χ3n) is 5.30. The number of hydrogen-bond donors (Lipinski definition) is 1. The van der Waals surface area contributed by atoms with Gasteiger partial charge in [-0.25, -0.2) is 4.68 Å². The lowest BCUT2D eigenvalue weighted by Crippen LogP contribution is -2.32. The van der Waals surface area contributed by atoms with Gasteiger partial charge in [0.1, 0.15) is 5.75 Å². The quantitative estimate of drug-likeness (QED) is 0.608.